The Morgan fingerprint density at radius 1 is 1.03 bits per heavy atom. The molecule has 0 saturated carbocycles. The van der Waals surface area contributed by atoms with E-state index in [1.54, 1.807) is 12.1 Å². The van der Waals surface area contributed by atoms with Gasteiger partial charge in [0.05, 0.1) is 0 Å². The van der Waals surface area contributed by atoms with Crippen molar-refractivity contribution in [2.45, 2.75) is 6.42 Å². The van der Waals surface area contributed by atoms with Crippen molar-refractivity contribution in [3.8, 4) is 0 Å². The smallest absolute Gasteiger partial charge is 0.331 e. The number of hydrogen-bond donors (Lipinski definition) is 1. The molecule has 3 aromatic rings. The quantitative estimate of drug-likeness (QED) is 0.549. The second-order valence-corrected chi connectivity index (χ2v) is 6.86. The van der Waals surface area contributed by atoms with Crippen LogP contribution in [0.2, 0.25) is 0 Å². The highest BCUT2D eigenvalue weighted by Crippen LogP contribution is 2.24. The number of aryl methyl sites for hydroxylation is 1. The largest absolute Gasteiger partial charge is 0.350 e. The summed E-state index contributed by atoms with van der Waals surface area (Å²) in [6.45, 7) is 0.0798. The fourth-order valence-electron chi connectivity index (χ4n) is 3.43. The highest BCUT2D eigenvalue weighted by molar-refractivity contribution is 6.31. The van der Waals surface area contributed by atoms with E-state index in [1.165, 1.54) is 18.2 Å². The lowest BCUT2D eigenvalue weighted by molar-refractivity contribution is -0.130. The first-order valence-electron chi connectivity index (χ1n) is 9.11. The number of aromatic nitrogens is 1. The number of benzene rings is 2. The Bertz CT molecular complexity index is 1160. The van der Waals surface area contributed by atoms with Crippen LogP contribution in [-0.4, -0.2) is 33.9 Å². The van der Waals surface area contributed by atoms with Crippen LogP contribution in [0.25, 0.3) is 17.0 Å². The molecule has 4 rings (SSSR count). The van der Waals surface area contributed by atoms with Gasteiger partial charge >= 0.3 is 6.03 Å². The zero-order valence-electron chi connectivity index (χ0n) is 15.7. The first-order chi connectivity index (χ1) is 13.9. The molecule has 1 fully saturated rings. The van der Waals surface area contributed by atoms with Crippen molar-refractivity contribution >= 4 is 34.8 Å². The summed E-state index contributed by atoms with van der Waals surface area (Å²) in [6, 6.07) is 12.7. The number of fused-ring (bicyclic) bond motifs is 1. The summed E-state index contributed by atoms with van der Waals surface area (Å²) in [5, 5.41) is 3.12. The Morgan fingerprint density at radius 3 is 2.52 bits per heavy atom. The van der Waals surface area contributed by atoms with Crippen LogP contribution in [0.5, 0.6) is 0 Å². The van der Waals surface area contributed by atoms with Gasteiger partial charge in [0.1, 0.15) is 11.4 Å². The average Bonchev–Trinajstić information content (AvgIpc) is 3.02. The number of para-hydroxylation sites is 1. The number of barbiturate groups is 1. The summed E-state index contributed by atoms with van der Waals surface area (Å²) in [4.78, 5) is 38.4. The standard InChI is InChI=1S/C22H18FN3O3/c1-25-13-15(17-4-2-3-5-19(17)25)12-18-20(27)24-22(29)26(21(18)28)11-10-14-6-8-16(23)9-7-14/h2-9,12-13H,10-11H2,1H3,(H,24,27,29)/b18-12+. The van der Waals surface area contributed by atoms with Gasteiger partial charge in [-0.15, -0.1) is 0 Å². The third kappa shape index (κ3) is 3.54. The zero-order valence-corrected chi connectivity index (χ0v) is 15.7. The van der Waals surface area contributed by atoms with Gasteiger partial charge in [-0.05, 0) is 36.3 Å². The second-order valence-electron chi connectivity index (χ2n) is 6.86. The molecule has 0 spiro atoms. The van der Waals surface area contributed by atoms with Crippen molar-refractivity contribution in [1.82, 2.24) is 14.8 Å². The van der Waals surface area contributed by atoms with Crippen molar-refractivity contribution in [1.29, 1.82) is 0 Å². The number of amides is 4. The lowest BCUT2D eigenvalue weighted by atomic mass is 10.1. The number of nitrogens with one attached hydrogen (secondary N) is 1. The highest BCUT2D eigenvalue weighted by atomic mass is 19.1. The van der Waals surface area contributed by atoms with E-state index in [4.69, 9.17) is 0 Å². The number of hydrogen-bond acceptors (Lipinski definition) is 3. The Kier molecular flexibility index (Phi) is 4.72. The third-order valence-electron chi connectivity index (χ3n) is 4.95. The maximum atomic E-state index is 13.0. The summed E-state index contributed by atoms with van der Waals surface area (Å²) in [7, 11) is 1.88. The molecule has 7 heteroatoms. The zero-order chi connectivity index (χ0) is 20.5. The van der Waals surface area contributed by atoms with Crippen LogP contribution in [0.3, 0.4) is 0 Å². The lowest BCUT2D eigenvalue weighted by Gasteiger charge is -2.26. The molecule has 2 heterocycles. The van der Waals surface area contributed by atoms with Crippen LogP contribution in [-0.2, 0) is 23.1 Å². The summed E-state index contributed by atoms with van der Waals surface area (Å²) in [5.74, 6) is -1.72. The normalized spacial score (nSPS) is 16.0. The van der Waals surface area contributed by atoms with Gasteiger partial charge in [-0.2, -0.15) is 0 Å². The van der Waals surface area contributed by atoms with Gasteiger partial charge in [0.15, 0.2) is 0 Å². The predicted octanol–water partition coefficient (Wildman–Crippen LogP) is 3.02. The Labute approximate surface area is 166 Å². The third-order valence-corrected chi connectivity index (χ3v) is 4.95. The van der Waals surface area contributed by atoms with E-state index in [1.807, 2.05) is 42.1 Å². The molecule has 1 aliphatic heterocycles. The van der Waals surface area contributed by atoms with E-state index in [0.717, 1.165) is 26.9 Å². The number of carbonyl (C=O) groups is 3. The van der Waals surface area contributed by atoms with E-state index < -0.39 is 17.8 Å². The molecule has 4 amide bonds. The summed E-state index contributed by atoms with van der Waals surface area (Å²) in [5.41, 5.74) is 2.37. The highest BCUT2D eigenvalue weighted by Gasteiger charge is 2.35. The molecule has 2 aromatic carbocycles. The Morgan fingerprint density at radius 2 is 1.76 bits per heavy atom. The lowest BCUT2D eigenvalue weighted by Crippen LogP contribution is -2.54. The molecule has 6 nitrogen and oxygen atoms in total. The molecule has 29 heavy (non-hydrogen) atoms. The minimum absolute atomic E-state index is 0.0798. The molecule has 146 valence electrons. The molecule has 0 radical (unpaired) electrons. The molecule has 1 aliphatic rings. The van der Waals surface area contributed by atoms with Gasteiger partial charge in [0.2, 0.25) is 0 Å². The summed E-state index contributed by atoms with van der Waals surface area (Å²) >= 11 is 0. The van der Waals surface area contributed by atoms with Crippen molar-refractivity contribution in [2.24, 2.45) is 7.05 Å². The Balaban J connectivity index is 1.62. The van der Waals surface area contributed by atoms with Gasteiger partial charge in [0, 0.05) is 36.3 Å². The van der Waals surface area contributed by atoms with E-state index in [-0.39, 0.29) is 17.9 Å². The molecule has 1 aromatic heterocycles. The van der Waals surface area contributed by atoms with Crippen molar-refractivity contribution < 1.29 is 18.8 Å². The minimum Gasteiger partial charge on any atom is -0.350 e. The monoisotopic (exact) mass is 391 g/mol. The van der Waals surface area contributed by atoms with Gasteiger partial charge in [-0.1, -0.05) is 30.3 Å². The maximum Gasteiger partial charge on any atom is 0.331 e. The van der Waals surface area contributed by atoms with E-state index in [2.05, 4.69) is 5.32 Å². The maximum absolute atomic E-state index is 13.0. The first kappa shape index (κ1) is 18.6. The van der Waals surface area contributed by atoms with E-state index in [9.17, 15) is 18.8 Å². The number of imide groups is 2. The molecule has 1 saturated heterocycles. The van der Waals surface area contributed by atoms with Crippen molar-refractivity contribution in [3.63, 3.8) is 0 Å². The number of carbonyl (C=O) groups excluding carboxylic acids is 3. The number of rotatable bonds is 4. The topological polar surface area (TPSA) is 71.4 Å². The van der Waals surface area contributed by atoms with E-state index in [0.29, 0.717) is 6.42 Å². The average molecular weight is 391 g/mol. The van der Waals surface area contributed by atoms with Gasteiger partial charge in [-0.25, -0.2) is 9.18 Å². The van der Waals surface area contributed by atoms with Crippen LogP contribution in [0.4, 0.5) is 9.18 Å². The molecular weight excluding hydrogens is 373 g/mol. The number of halogens is 1. The van der Waals surface area contributed by atoms with Gasteiger partial charge in [-0.3, -0.25) is 19.8 Å². The second kappa shape index (κ2) is 7.35. The Hall–Kier alpha value is -3.74. The molecule has 0 bridgehead atoms. The molecule has 1 N–H and O–H groups in total. The van der Waals surface area contributed by atoms with Crippen LogP contribution >= 0.6 is 0 Å². The predicted molar refractivity (Wildman–Crippen MR) is 106 cm³/mol. The minimum atomic E-state index is -0.753. The van der Waals surface area contributed by atoms with Gasteiger partial charge in [0.25, 0.3) is 11.8 Å². The fraction of sp³-hybridized carbons (Fsp3) is 0.136. The number of nitrogens with zero attached hydrogens (tertiary/aromatic N) is 2. The molecule has 0 unspecified atom stereocenters. The van der Waals surface area contributed by atoms with Crippen molar-refractivity contribution in [3.05, 3.63) is 77.2 Å². The van der Waals surface area contributed by atoms with Crippen LogP contribution in [0.15, 0.2) is 60.3 Å². The molecule has 0 atom stereocenters. The summed E-state index contributed by atoms with van der Waals surface area (Å²) in [6.07, 6.45) is 3.70. The SMILES string of the molecule is Cn1cc(/C=C2\C(=O)NC(=O)N(CCc3ccc(F)cc3)C2=O)c2ccccc21. The first-order valence-corrected chi connectivity index (χ1v) is 9.11. The van der Waals surface area contributed by atoms with Crippen LogP contribution in [0.1, 0.15) is 11.1 Å². The fourth-order valence-corrected chi connectivity index (χ4v) is 3.43. The van der Waals surface area contributed by atoms with Crippen LogP contribution < -0.4 is 5.32 Å². The molecular formula is C22H18FN3O3. The van der Waals surface area contributed by atoms with E-state index >= 15 is 0 Å². The van der Waals surface area contributed by atoms with Crippen molar-refractivity contribution in [2.75, 3.05) is 6.54 Å². The molecule has 0 aliphatic carbocycles. The number of urea groups is 1. The van der Waals surface area contributed by atoms with Gasteiger partial charge < -0.3 is 4.57 Å². The van der Waals surface area contributed by atoms with Crippen LogP contribution in [0, 0.1) is 5.82 Å². The summed E-state index contributed by atoms with van der Waals surface area (Å²) < 4.78 is 15.0.